The molecule has 0 saturated heterocycles. The van der Waals surface area contributed by atoms with Gasteiger partial charge in [0, 0.05) is 31.4 Å². The Hall–Kier alpha value is -1.88. The highest BCUT2D eigenvalue weighted by atomic mass is 19.1. The molecule has 3 rings (SSSR count). The number of aromatic nitrogens is 1. The number of hydrogen-bond donors (Lipinski definition) is 1. The van der Waals surface area contributed by atoms with Crippen molar-refractivity contribution in [1.82, 2.24) is 10.5 Å². The minimum Gasteiger partial charge on any atom is -0.367 e. The highest BCUT2D eigenvalue weighted by molar-refractivity contribution is 5.45. The van der Waals surface area contributed by atoms with Gasteiger partial charge in [-0.15, -0.1) is 0 Å². The number of benzene rings is 1. The summed E-state index contributed by atoms with van der Waals surface area (Å²) in [5.41, 5.74) is 1.87. The summed E-state index contributed by atoms with van der Waals surface area (Å²) in [6.45, 7) is 1.37. The second-order valence-electron chi connectivity index (χ2n) is 5.27. The molecule has 0 atom stereocenters. The molecule has 1 aliphatic rings. The van der Waals surface area contributed by atoms with Gasteiger partial charge in [-0.1, -0.05) is 5.16 Å². The van der Waals surface area contributed by atoms with Gasteiger partial charge in [0.1, 0.15) is 5.82 Å². The Morgan fingerprint density at radius 1 is 1.35 bits per heavy atom. The molecule has 1 saturated carbocycles. The maximum atomic E-state index is 12.9. The summed E-state index contributed by atoms with van der Waals surface area (Å²) >= 11 is 0. The molecular formula is C15H18FN3O. The molecule has 2 aromatic rings. The minimum absolute atomic E-state index is 0.227. The first-order valence-electron chi connectivity index (χ1n) is 6.85. The van der Waals surface area contributed by atoms with Gasteiger partial charge in [0.05, 0.1) is 12.2 Å². The van der Waals surface area contributed by atoms with E-state index in [-0.39, 0.29) is 5.82 Å². The Bertz CT molecular complexity index is 563. The topological polar surface area (TPSA) is 41.3 Å². The number of anilines is 1. The van der Waals surface area contributed by atoms with Gasteiger partial charge in [0.25, 0.3) is 0 Å². The van der Waals surface area contributed by atoms with Gasteiger partial charge in [0.15, 0.2) is 5.76 Å². The predicted octanol–water partition coefficient (Wildman–Crippen LogP) is 2.70. The molecule has 1 aromatic heterocycles. The van der Waals surface area contributed by atoms with Crippen LogP contribution in [0.3, 0.4) is 0 Å². The zero-order valence-electron chi connectivity index (χ0n) is 11.5. The molecule has 0 unspecified atom stereocenters. The van der Waals surface area contributed by atoms with Gasteiger partial charge in [-0.05, 0) is 37.1 Å². The summed E-state index contributed by atoms with van der Waals surface area (Å²) in [6, 6.07) is 9.05. The van der Waals surface area contributed by atoms with Crippen molar-refractivity contribution in [3.8, 4) is 0 Å². The van der Waals surface area contributed by atoms with E-state index in [1.165, 1.54) is 25.0 Å². The summed E-state index contributed by atoms with van der Waals surface area (Å²) in [6.07, 6.45) is 2.52. The lowest BCUT2D eigenvalue weighted by atomic mass is 10.2. The molecule has 4 nitrogen and oxygen atoms in total. The standard InChI is InChI=1S/C15H18FN3O/c1-19(14-6-2-11(16)3-7-14)10-15-8-13(18-20-15)9-17-12-4-5-12/h2-3,6-8,12,17H,4-5,9-10H2,1H3. The van der Waals surface area contributed by atoms with Crippen LogP contribution in [0.5, 0.6) is 0 Å². The van der Waals surface area contributed by atoms with Gasteiger partial charge in [-0.25, -0.2) is 4.39 Å². The fourth-order valence-corrected chi connectivity index (χ4v) is 2.07. The van der Waals surface area contributed by atoms with Crippen LogP contribution < -0.4 is 10.2 Å². The van der Waals surface area contributed by atoms with E-state index in [1.54, 1.807) is 12.1 Å². The van der Waals surface area contributed by atoms with Crippen LogP contribution >= 0.6 is 0 Å². The van der Waals surface area contributed by atoms with E-state index in [9.17, 15) is 4.39 Å². The fourth-order valence-electron chi connectivity index (χ4n) is 2.07. The molecule has 0 amide bonds. The maximum Gasteiger partial charge on any atom is 0.156 e. The van der Waals surface area contributed by atoms with E-state index in [0.717, 1.165) is 23.7 Å². The number of halogens is 1. The zero-order chi connectivity index (χ0) is 13.9. The summed E-state index contributed by atoms with van der Waals surface area (Å²) < 4.78 is 18.2. The van der Waals surface area contributed by atoms with E-state index in [1.807, 2.05) is 18.0 Å². The predicted molar refractivity (Wildman–Crippen MR) is 74.9 cm³/mol. The molecule has 1 heterocycles. The number of rotatable bonds is 6. The van der Waals surface area contributed by atoms with Crippen LogP contribution in [0.15, 0.2) is 34.9 Å². The Labute approximate surface area is 117 Å². The van der Waals surface area contributed by atoms with Crippen molar-refractivity contribution in [3.63, 3.8) is 0 Å². The molecule has 0 aliphatic heterocycles. The van der Waals surface area contributed by atoms with Gasteiger partial charge < -0.3 is 14.7 Å². The van der Waals surface area contributed by atoms with Crippen molar-refractivity contribution in [1.29, 1.82) is 0 Å². The van der Waals surface area contributed by atoms with Crippen molar-refractivity contribution in [3.05, 3.63) is 47.6 Å². The SMILES string of the molecule is CN(Cc1cc(CNC2CC2)no1)c1ccc(F)cc1. The average Bonchev–Trinajstić information content (AvgIpc) is 3.17. The summed E-state index contributed by atoms with van der Waals surface area (Å²) in [5.74, 6) is 0.583. The largest absolute Gasteiger partial charge is 0.367 e. The molecule has 0 radical (unpaired) electrons. The molecule has 5 heteroatoms. The van der Waals surface area contributed by atoms with Crippen molar-refractivity contribution < 1.29 is 8.91 Å². The third kappa shape index (κ3) is 3.36. The first kappa shape index (κ1) is 13.1. The highest BCUT2D eigenvalue weighted by Crippen LogP contribution is 2.20. The smallest absolute Gasteiger partial charge is 0.156 e. The zero-order valence-corrected chi connectivity index (χ0v) is 11.5. The van der Waals surface area contributed by atoms with Crippen LogP contribution in [0.2, 0.25) is 0 Å². The lowest BCUT2D eigenvalue weighted by Gasteiger charge is -2.17. The molecular weight excluding hydrogens is 257 g/mol. The van der Waals surface area contributed by atoms with E-state index in [2.05, 4.69) is 10.5 Å². The van der Waals surface area contributed by atoms with Crippen LogP contribution in [-0.4, -0.2) is 18.2 Å². The molecule has 0 spiro atoms. The molecule has 20 heavy (non-hydrogen) atoms. The Kier molecular flexibility index (Phi) is 3.69. The number of hydrogen-bond acceptors (Lipinski definition) is 4. The van der Waals surface area contributed by atoms with E-state index in [0.29, 0.717) is 12.6 Å². The van der Waals surface area contributed by atoms with Gasteiger partial charge in [0.2, 0.25) is 0 Å². The normalized spacial score (nSPS) is 14.5. The van der Waals surface area contributed by atoms with E-state index < -0.39 is 0 Å². The Morgan fingerprint density at radius 3 is 2.80 bits per heavy atom. The second-order valence-corrected chi connectivity index (χ2v) is 5.27. The molecule has 1 fully saturated rings. The number of nitrogens with one attached hydrogen (secondary N) is 1. The third-order valence-corrected chi connectivity index (χ3v) is 3.42. The molecule has 0 bridgehead atoms. The van der Waals surface area contributed by atoms with Gasteiger partial charge in [-0.2, -0.15) is 0 Å². The Balaban J connectivity index is 1.57. The fraction of sp³-hybridized carbons (Fsp3) is 0.400. The van der Waals surface area contributed by atoms with Crippen LogP contribution in [0.25, 0.3) is 0 Å². The molecule has 1 aromatic carbocycles. The van der Waals surface area contributed by atoms with E-state index >= 15 is 0 Å². The second kappa shape index (κ2) is 5.63. The Morgan fingerprint density at radius 2 is 2.10 bits per heavy atom. The first-order chi connectivity index (χ1) is 9.70. The highest BCUT2D eigenvalue weighted by Gasteiger charge is 2.20. The van der Waals surface area contributed by atoms with Crippen LogP contribution in [0.1, 0.15) is 24.3 Å². The lowest BCUT2D eigenvalue weighted by Crippen LogP contribution is -2.16. The maximum absolute atomic E-state index is 12.9. The van der Waals surface area contributed by atoms with Crippen molar-refractivity contribution in [2.45, 2.75) is 32.0 Å². The summed E-state index contributed by atoms with van der Waals surface area (Å²) in [5, 5.41) is 7.45. The van der Waals surface area contributed by atoms with Crippen LogP contribution in [-0.2, 0) is 13.1 Å². The monoisotopic (exact) mass is 275 g/mol. The van der Waals surface area contributed by atoms with Crippen molar-refractivity contribution in [2.75, 3.05) is 11.9 Å². The van der Waals surface area contributed by atoms with Crippen molar-refractivity contribution >= 4 is 5.69 Å². The summed E-state index contributed by atoms with van der Waals surface area (Å²) in [4.78, 5) is 2.00. The van der Waals surface area contributed by atoms with Crippen LogP contribution in [0, 0.1) is 5.82 Å². The average molecular weight is 275 g/mol. The quantitative estimate of drug-likeness (QED) is 0.880. The summed E-state index contributed by atoms with van der Waals surface area (Å²) in [7, 11) is 1.94. The molecule has 106 valence electrons. The van der Waals surface area contributed by atoms with Crippen LogP contribution in [0.4, 0.5) is 10.1 Å². The molecule has 1 aliphatic carbocycles. The van der Waals surface area contributed by atoms with E-state index in [4.69, 9.17) is 4.52 Å². The lowest BCUT2D eigenvalue weighted by molar-refractivity contribution is 0.375. The first-order valence-corrected chi connectivity index (χ1v) is 6.85. The third-order valence-electron chi connectivity index (χ3n) is 3.42. The van der Waals surface area contributed by atoms with Crippen molar-refractivity contribution in [2.24, 2.45) is 0 Å². The molecule has 1 N–H and O–H groups in total. The number of nitrogens with zero attached hydrogens (tertiary/aromatic N) is 2. The van der Waals surface area contributed by atoms with Gasteiger partial charge in [-0.3, -0.25) is 0 Å². The minimum atomic E-state index is -0.227. The van der Waals surface area contributed by atoms with Gasteiger partial charge >= 0.3 is 0 Å².